The minimum Gasteiger partial charge on any atom is -0.339 e. The van der Waals surface area contributed by atoms with Crippen molar-refractivity contribution in [1.82, 2.24) is 19.2 Å². The van der Waals surface area contributed by atoms with Crippen molar-refractivity contribution in [2.45, 2.75) is 27.3 Å². The Morgan fingerprint density at radius 3 is 2.59 bits per heavy atom. The molecule has 1 aromatic carbocycles. The zero-order chi connectivity index (χ0) is 15.3. The zero-order valence-corrected chi connectivity index (χ0v) is 13.0. The molecule has 0 saturated heterocycles. The topological polar surface area (TPSA) is 35.1 Å². The van der Waals surface area contributed by atoms with E-state index >= 15 is 0 Å². The third kappa shape index (κ3) is 1.91. The molecule has 4 heteroatoms. The van der Waals surface area contributed by atoms with Gasteiger partial charge in [-0.1, -0.05) is 29.8 Å². The Hall–Kier alpha value is -2.62. The first-order valence-electron chi connectivity index (χ1n) is 7.49. The summed E-state index contributed by atoms with van der Waals surface area (Å²) in [6, 6.07) is 15.1. The smallest absolute Gasteiger partial charge is 0.161 e. The molecule has 3 aromatic heterocycles. The SMILES string of the molecule is Cc1cccc(Cn2c(C)cc3c2ccc2nnc(C)n23)c1. The number of hydrogen-bond donors (Lipinski definition) is 0. The summed E-state index contributed by atoms with van der Waals surface area (Å²) in [7, 11) is 0. The van der Waals surface area contributed by atoms with E-state index in [1.54, 1.807) is 0 Å². The molecule has 0 aliphatic heterocycles. The monoisotopic (exact) mass is 290 g/mol. The van der Waals surface area contributed by atoms with Gasteiger partial charge in [-0.15, -0.1) is 10.2 Å². The summed E-state index contributed by atoms with van der Waals surface area (Å²) in [6.07, 6.45) is 0. The molecule has 0 saturated carbocycles. The molecule has 4 nitrogen and oxygen atoms in total. The average Bonchev–Trinajstić information content (AvgIpc) is 3.01. The van der Waals surface area contributed by atoms with E-state index in [-0.39, 0.29) is 0 Å². The lowest BCUT2D eigenvalue weighted by Crippen LogP contribution is -2.02. The van der Waals surface area contributed by atoms with Crippen LogP contribution in [0.1, 0.15) is 22.6 Å². The summed E-state index contributed by atoms with van der Waals surface area (Å²) in [6.45, 7) is 7.16. The van der Waals surface area contributed by atoms with Crippen molar-refractivity contribution in [3.63, 3.8) is 0 Å². The van der Waals surface area contributed by atoms with Gasteiger partial charge in [0.1, 0.15) is 5.82 Å². The lowest BCUT2D eigenvalue weighted by molar-refractivity contribution is 0.804. The van der Waals surface area contributed by atoms with Gasteiger partial charge in [-0.05, 0) is 44.5 Å². The second-order valence-electron chi connectivity index (χ2n) is 5.91. The number of aryl methyl sites for hydroxylation is 3. The minimum absolute atomic E-state index is 0.879. The van der Waals surface area contributed by atoms with Crippen molar-refractivity contribution < 1.29 is 0 Å². The molecule has 4 rings (SSSR count). The van der Waals surface area contributed by atoms with E-state index < -0.39 is 0 Å². The highest BCUT2D eigenvalue weighted by atomic mass is 15.2. The summed E-state index contributed by atoms with van der Waals surface area (Å²) in [5.74, 6) is 0.924. The van der Waals surface area contributed by atoms with E-state index in [1.165, 1.54) is 27.9 Å². The Kier molecular flexibility index (Phi) is 2.79. The molecule has 0 aliphatic rings. The van der Waals surface area contributed by atoms with Crippen molar-refractivity contribution in [3.05, 3.63) is 65.1 Å². The quantitative estimate of drug-likeness (QED) is 0.565. The molecule has 0 spiro atoms. The molecule has 0 aliphatic carbocycles. The van der Waals surface area contributed by atoms with Gasteiger partial charge in [-0.2, -0.15) is 0 Å². The number of fused-ring (bicyclic) bond motifs is 3. The van der Waals surface area contributed by atoms with Crippen LogP contribution in [0.15, 0.2) is 42.5 Å². The molecule has 0 fully saturated rings. The average molecular weight is 290 g/mol. The highest BCUT2D eigenvalue weighted by molar-refractivity contribution is 5.81. The van der Waals surface area contributed by atoms with Crippen LogP contribution in [0, 0.1) is 20.8 Å². The number of aromatic nitrogens is 4. The molecular weight excluding hydrogens is 272 g/mol. The highest BCUT2D eigenvalue weighted by Crippen LogP contribution is 2.23. The molecule has 22 heavy (non-hydrogen) atoms. The van der Waals surface area contributed by atoms with E-state index in [0.717, 1.165) is 18.0 Å². The van der Waals surface area contributed by atoms with E-state index in [9.17, 15) is 0 Å². The summed E-state index contributed by atoms with van der Waals surface area (Å²) >= 11 is 0. The standard InChI is InChI=1S/C18H18N4/c1-12-5-4-6-15(9-12)11-21-13(2)10-17-16(21)7-8-18-20-19-14(3)22(17)18/h4-10H,11H2,1-3H3. The van der Waals surface area contributed by atoms with Crippen molar-refractivity contribution in [2.75, 3.05) is 0 Å². The highest BCUT2D eigenvalue weighted by Gasteiger charge is 2.11. The maximum absolute atomic E-state index is 4.21. The van der Waals surface area contributed by atoms with Crippen molar-refractivity contribution in [1.29, 1.82) is 0 Å². The minimum atomic E-state index is 0.879. The van der Waals surface area contributed by atoms with Gasteiger partial charge in [-0.25, -0.2) is 0 Å². The first-order valence-corrected chi connectivity index (χ1v) is 7.49. The summed E-state index contributed by atoms with van der Waals surface area (Å²) in [4.78, 5) is 0. The van der Waals surface area contributed by atoms with Crippen LogP contribution in [0.25, 0.3) is 16.7 Å². The van der Waals surface area contributed by atoms with E-state index in [4.69, 9.17) is 0 Å². The molecule has 0 atom stereocenters. The molecule has 3 heterocycles. The molecule has 4 aromatic rings. The van der Waals surface area contributed by atoms with E-state index in [2.05, 4.69) is 69.4 Å². The number of rotatable bonds is 2. The Labute approximate surface area is 129 Å². The lowest BCUT2D eigenvalue weighted by atomic mass is 10.1. The Balaban J connectivity index is 1.92. The molecule has 0 unspecified atom stereocenters. The maximum atomic E-state index is 4.21. The summed E-state index contributed by atoms with van der Waals surface area (Å²) < 4.78 is 4.47. The Morgan fingerprint density at radius 2 is 1.77 bits per heavy atom. The van der Waals surface area contributed by atoms with E-state index in [1.807, 2.05) is 13.0 Å². The van der Waals surface area contributed by atoms with E-state index in [0.29, 0.717) is 0 Å². The summed E-state index contributed by atoms with van der Waals surface area (Å²) in [5.41, 5.74) is 7.15. The molecule has 0 amide bonds. The van der Waals surface area contributed by atoms with Crippen LogP contribution < -0.4 is 0 Å². The molecule has 0 N–H and O–H groups in total. The van der Waals surface area contributed by atoms with Gasteiger partial charge >= 0.3 is 0 Å². The Morgan fingerprint density at radius 1 is 0.909 bits per heavy atom. The predicted octanol–water partition coefficient (Wildman–Crippen LogP) is 3.66. The van der Waals surface area contributed by atoms with Crippen LogP contribution in [-0.4, -0.2) is 19.2 Å². The van der Waals surface area contributed by atoms with Gasteiger partial charge in [0.15, 0.2) is 5.65 Å². The van der Waals surface area contributed by atoms with Crippen LogP contribution >= 0.6 is 0 Å². The van der Waals surface area contributed by atoms with Crippen molar-refractivity contribution >= 4 is 16.7 Å². The van der Waals surface area contributed by atoms with Gasteiger partial charge in [0.2, 0.25) is 0 Å². The van der Waals surface area contributed by atoms with Crippen LogP contribution in [0.5, 0.6) is 0 Å². The van der Waals surface area contributed by atoms with Gasteiger partial charge < -0.3 is 4.57 Å². The van der Waals surface area contributed by atoms with Crippen molar-refractivity contribution in [2.24, 2.45) is 0 Å². The van der Waals surface area contributed by atoms with Gasteiger partial charge in [0.05, 0.1) is 11.0 Å². The number of pyridine rings is 1. The first kappa shape index (κ1) is 13.1. The number of nitrogens with zero attached hydrogens (tertiary/aromatic N) is 4. The normalized spacial score (nSPS) is 11.6. The van der Waals surface area contributed by atoms with Crippen LogP contribution in [0.4, 0.5) is 0 Å². The predicted molar refractivity (Wildman–Crippen MR) is 88.2 cm³/mol. The largest absolute Gasteiger partial charge is 0.339 e. The molecule has 110 valence electrons. The van der Waals surface area contributed by atoms with Crippen LogP contribution in [0.2, 0.25) is 0 Å². The third-order valence-corrected chi connectivity index (χ3v) is 4.23. The molecule has 0 radical (unpaired) electrons. The number of hydrogen-bond acceptors (Lipinski definition) is 2. The second kappa shape index (κ2) is 4.70. The Bertz CT molecular complexity index is 991. The first-order chi connectivity index (χ1) is 10.6. The molecular formula is C18H18N4. The van der Waals surface area contributed by atoms with Crippen LogP contribution in [-0.2, 0) is 6.54 Å². The fraction of sp³-hybridized carbons (Fsp3) is 0.222. The second-order valence-corrected chi connectivity index (χ2v) is 5.91. The third-order valence-electron chi connectivity index (χ3n) is 4.23. The van der Waals surface area contributed by atoms with Gasteiger partial charge in [0.25, 0.3) is 0 Å². The lowest BCUT2D eigenvalue weighted by Gasteiger charge is -2.09. The van der Waals surface area contributed by atoms with Gasteiger partial charge in [0, 0.05) is 12.2 Å². The fourth-order valence-corrected chi connectivity index (χ4v) is 3.17. The van der Waals surface area contributed by atoms with Crippen molar-refractivity contribution in [3.8, 4) is 0 Å². The number of benzene rings is 1. The fourth-order valence-electron chi connectivity index (χ4n) is 3.17. The zero-order valence-electron chi connectivity index (χ0n) is 13.0. The molecule has 0 bridgehead atoms. The van der Waals surface area contributed by atoms with Crippen LogP contribution in [0.3, 0.4) is 0 Å². The van der Waals surface area contributed by atoms with Gasteiger partial charge in [-0.3, -0.25) is 4.40 Å². The maximum Gasteiger partial charge on any atom is 0.161 e. The summed E-state index contributed by atoms with van der Waals surface area (Å²) in [5, 5.41) is 8.39.